The van der Waals surface area contributed by atoms with E-state index in [4.69, 9.17) is 0 Å². The maximum atomic E-state index is 13.6. The number of benzene rings is 2. The summed E-state index contributed by atoms with van der Waals surface area (Å²) in [5.74, 6) is -6.16. The molecule has 2 aromatic carbocycles. The molecule has 160 valence electrons. The summed E-state index contributed by atoms with van der Waals surface area (Å²) in [5.41, 5.74) is 1.16. The van der Waals surface area contributed by atoms with E-state index in [0.29, 0.717) is 17.7 Å². The number of hydrogen-bond donors (Lipinski definition) is 1. The van der Waals surface area contributed by atoms with Crippen LogP contribution in [0.1, 0.15) is 16.7 Å². The summed E-state index contributed by atoms with van der Waals surface area (Å²) in [7, 11) is -4.67. The first-order valence-corrected chi connectivity index (χ1v) is 9.65. The molecule has 11 heteroatoms. The quantitative estimate of drug-likeness (QED) is 0.537. The fourth-order valence-corrected chi connectivity index (χ4v) is 4.50. The summed E-state index contributed by atoms with van der Waals surface area (Å²) < 4.78 is 111. The van der Waals surface area contributed by atoms with Crippen LogP contribution in [0.15, 0.2) is 29.2 Å². The normalized spacial score (nSPS) is 13.4. The fraction of sp³-hybridized carbons (Fsp3) is 0.333. The van der Waals surface area contributed by atoms with Crippen LogP contribution >= 0.6 is 0 Å². The van der Waals surface area contributed by atoms with Gasteiger partial charge in [0.05, 0.1) is 4.90 Å². The third-order valence-electron chi connectivity index (χ3n) is 3.96. The molecule has 0 heterocycles. The zero-order valence-corrected chi connectivity index (χ0v) is 16.3. The predicted octanol–water partition coefficient (Wildman–Crippen LogP) is 4.32. The smallest absolute Gasteiger partial charge is 0.408 e. The van der Waals surface area contributed by atoms with Gasteiger partial charge in [-0.05, 0) is 44.0 Å². The van der Waals surface area contributed by atoms with Crippen LogP contribution in [0, 0.1) is 38.2 Å². The van der Waals surface area contributed by atoms with Crippen LogP contribution in [-0.4, -0.2) is 27.2 Å². The second kappa shape index (κ2) is 8.23. The van der Waals surface area contributed by atoms with Gasteiger partial charge in [-0.3, -0.25) is 0 Å². The lowest BCUT2D eigenvalue weighted by Crippen LogP contribution is -2.49. The topological polar surface area (TPSA) is 55.4 Å². The third kappa shape index (κ3) is 5.21. The van der Waals surface area contributed by atoms with Crippen molar-refractivity contribution in [3.05, 3.63) is 58.4 Å². The maximum absolute atomic E-state index is 13.6. The number of aryl methyl sites for hydroxylation is 3. The van der Waals surface area contributed by atoms with Gasteiger partial charge >= 0.3 is 6.18 Å². The number of nitrogens with one attached hydrogen (secondary N) is 1. The average Bonchev–Trinajstić information content (AvgIpc) is 2.55. The Kier molecular flexibility index (Phi) is 6.53. The van der Waals surface area contributed by atoms with Gasteiger partial charge in [0, 0.05) is 0 Å². The van der Waals surface area contributed by atoms with E-state index in [9.17, 15) is 34.8 Å². The molecule has 4 nitrogen and oxygen atoms in total. The first-order valence-electron chi connectivity index (χ1n) is 8.17. The van der Waals surface area contributed by atoms with Crippen molar-refractivity contribution in [2.45, 2.75) is 37.9 Å². The summed E-state index contributed by atoms with van der Waals surface area (Å²) in [6, 6.07) is 1.04. The van der Waals surface area contributed by atoms with E-state index < -0.39 is 52.0 Å². The van der Waals surface area contributed by atoms with Crippen molar-refractivity contribution in [3.8, 4) is 5.75 Å². The van der Waals surface area contributed by atoms with Gasteiger partial charge in [-0.1, -0.05) is 17.7 Å². The molecule has 1 N–H and O–H groups in total. The fourth-order valence-electron chi connectivity index (χ4n) is 2.84. The maximum Gasteiger partial charge on any atom is 0.408 e. The summed E-state index contributed by atoms with van der Waals surface area (Å²) in [6.45, 7) is 3.03. The number of hydrogen-bond acceptors (Lipinski definition) is 3. The van der Waals surface area contributed by atoms with Crippen molar-refractivity contribution in [2.75, 3.05) is 6.61 Å². The van der Waals surface area contributed by atoms with Gasteiger partial charge in [-0.15, -0.1) is 0 Å². The van der Waals surface area contributed by atoms with Gasteiger partial charge in [-0.25, -0.2) is 17.2 Å². The summed E-state index contributed by atoms with van der Waals surface area (Å²) in [6.07, 6.45) is -5.15. The van der Waals surface area contributed by atoms with Crippen LogP contribution in [0.2, 0.25) is 0 Å². The lowest BCUT2D eigenvalue weighted by Gasteiger charge is -2.23. The lowest BCUT2D eigenvalue weighted by atomic mass is 10.1. The van der Waals surface area contributed by atoms with Crippen molar-refractivity contribution in [3.63, 3.8) is 0 Å². The van der Waals surface area contributed by atoms with E-state index in [1.807, 2.05) is 0 Å². The Bertz CT molecular complexity index is 998. The Morgan fingerprint density at radius 3 is 2.03 bits per heavy atom. The van der Waals surface area contributed by atoms with E-state index in [2.05, 4.69) is 4.74 Å². The number of alkyl halides is 3. The number of halogens is 6. The zero-order chi connectivity index (χ0) is 22.1. The van der Waals surface area contributed by atoms with E-state index in [1.54, 1.807) is 6.92 Å². The predicted molar refractivity (Wildman–Crippen MR) is 92.6 cm³/mol. The van der Waals surface area contributed by atoms with Crippen molar-refractivity contribution >= 4 is 10.0 Å². The van der Waals surface area contributed by atoms with Crippen molar-refractivity contribution in [1.29, 1.82) is 0 Å². The minimum absolute atomic E-state index is 0.221. The molecular formula is C18H17F6NO3S. The van der Waals surface area contributed by atoms with Gasteiger partial charge in [0.1, 0.15) is 6.61 Å². The molecule has 0 aliphatic carbocycles. The van der Waals surface area contributed by atoms with E-state index >= 15 is 0 Å². The summed E-state index contributed by atoms with van der Waals surface area (Å²) in [4.78, 5) is -0.347. The third-order valence-corrected chi connectivity index (χ3v) is 5.74. The molecule has 0 radical (unpaired) electrons. The van der Waals surface area contributed by atoms with Crippen LogP contribution < -0.4 is 9.46 Å². The molecule has 0 amide bonds. The van der Waals surface area contributed by atoms with Crippen molar-refractivity contribution < 1.29 is 39.5 Å². The second-order valence-electron chi connectivity index (χ2n) is 6.43. The molecule has 1 atom stereocenters. The highest BCUT2D eigenvalue weighted by molar-refractivity contribution is 7.89. The summed E-state index contributed by atoms with van der Waals surface area (Å²) >= 11 is 0. The number of sulfonamides is 1. The molecule has 2 rings (SSSR count). The standard InChI is InChI=1S/C18H17F6NO3S/c1-9-6-10(2)17(11(3)7-9)29(26,27)25-14(18(22,23)24)8-28-16-13(20)5-4-12(19)15(16)21/h4-7,14,25H,8H2,1-3H3. The van der Waals surface area contributed by atoms with Crippen molar-refractivity contribution in [1.82, 2.24) is 4.72 Å². The minimum Gasteiger partial charge on any atom is -0.485 e. The van der Waals surface area contributed by atoms with Gasteiger partial charge < -0.3 is 4.74 Å². The molecule has 0 aliphatic heterocycles. The molecule has 0 saturated heterocycles. The minimum atomic E-state index is -5.15. The average molecular weight is 441 g/mol. The lowest BCUT2D eigenvalue weighted by molar-refractivity contribution is -0.157. The number of ether oxygens (including phenoxy) is 1. The molecule has 0 fully saturated rings. The second-order valence-corrected chi connectivity index (χ2v) is 8.08. The van der Waals surface area contributed by atoms with Crippen LogP contribution in [0.4, 0.5) is 26.3 Å². The Morgan fingerprint density at radius 1 is 1.00 bits per heavy atom. The van der Waals surface area contributed by atoms with Crippen molar-refractivity contribution in [2.24, 2.45) is 0 Å². The van der Waals surface area contributed by atoms with Gasteiger partial charge in [-0.2, -0.15) is 22.3 Å². The molecule has 0 aliphatic rings. The highest BCUT2D eigenvalue weighted by Crippen LogP contribution is 2.28. The van der Waals surface area contributed by atoms with E-state index in [0.717, 1.165) is 0 Å². The Morgan fingerprint density at radius 2 is 1.52 bits per heavy atom. The highest BCUT2D eigenvalue weighted by atomic mass is 32.2. The number of rotatable bonds is 6. The molecule has 29 heavy (non-hydrogen) atoms. The molecular weight excluding hydrogens is 424 g/mol. The zero-order valence-electron chi connectivity index (χ0n) is 15.5. The molecule has 1 unspecified atom stereocenters. The molecule has 0 spiro atoms. The van der Waals surface area contributed by atoms with Crippen LogP contribution in [0.25, 0.3) is 0 Å². The molecule has 0 bridgehead atoms. The molecule has 0 aromatic heterocycles. The molecule has 2 aromatic rings. The van der Waals surface area contributed by atoms with E-state index in [-0.39, 0.29) is 16.0 Å². The van der Waals surface area contributed by atoms with Crippen LogP contribution in [-0.2, 0) is 10.0 Å². The Hall–Kier alpha value is -2.27. The van der Waals surface area contributed by atoms with Gasteiger partial charge in [0.15, 0.2) is 23.4 Å². The summed E-state index contributed by atoms with van der Waals surface area (Å²) in [5, 5.41) is 0. The Labute approximate surface area is 163 Å². The first-order chi connectivity index (χ1) is 13.2. The van der Waals surface area contributed by atoms with Crippen LogP contribution in [0.3, 0.4) is 0 Å². The van der Waals surface area contributed by atoms with Gasteiger partial charge in [0.25, 0.3) is 0 Å². The monoisotopic (exact) mass is 441 g/mol. The largest absolute Gasteiger partial charge is 0.485 e. The highest BCUT2D eigenvalue weighted by Gasteiger charge is 2.43. The van der Waals surface area contributed by atoms with Crippen LogP contribution in [0.5, 0.6) is 5.75 Å². The Balaban J connectivity index is 2.35. The molecule has 0 saturated carbocycles. The van der Waals surface area contributed by atoms with Gasteiger partial charge in [0.2, 0.25) is 15.8 Å². The first kappa shape index (κ1) is 23.0. The SMILES string of the molecule is Cc1cc(C)c(S(=O)(=O)NC(COc2c(F)ccc(F)c2F)C(F)(F)F)c(C)c1. The van der Waals surface area contributed by atoms with E-state index in [1.165, 1.54) is 30.7 Å².